The molecular formula is C23H30O2Si. The van der Waals surface area contributed by atoms with Crippen molar-refractivity contribution in [1.29, 1.82) is 0 Å². The molecule has 1 aliphatic rings. The molecule has 26 heavy (non-hydrogen) atoms. The Morgan fingerprint density at radius 2 is 1.65 bits per heavy atom. The molecule has 0 N–H and O–H groups in total. The molecule has 1 aliphatic carbocycles. The van der Waals surface area contributed by atoms with Crippen molar-refractivity contribution in [2.45, 2.75) is 45.7 Å². The van der Waals surface area contributed by atoms with Crippen molar-refractivity contribution in [3.8, 4) is 11.5 Å². The third-order valence-corrected chi connectivity index (χ3v) is 9.20. The Balaban J connectivity index is 2.16. The van der Waals surface area contributed by atoms with Gasteiger partial charge in [0.25, 0.3) is 0 Å². The molecule has 0 unspecified atom stereocenters. The molecule has 0 spiro atoms. The third-order valence-electron chi connectivity index (χ3n) is 5.55. The quantitative estimate of drug-likeness (QED) is 0.701. The minimum Gasteiger partial charge on any atom is -0.497 e. The standard InChI is InChI=1S/C23H30O2Si/c1-23(2,3)20-14-18(24-4)15-21(22(20)25-5)26(6,7)19-12-16-10-8-9-11-17(16)13-19/h8-12,14-15H,13H2,1-7H3. The highest BCUT2D eigenvalue weighted by Crippen LogP contribution is 2.38. The first-order valence-corrected chi connectivity index (χ1v) is 12.2. The van der Waals surface area contributed by atoms with Gasteiger partial charge in [0.2, 0.25) is 0 Å². The Labute approximate surface area is 158 Å². The average Bonchev–Trinajstić information content (AvgIpc) is 3.04. The van der Waals surface area contributed by atoms with Crippen LogP contribution in [0.2, 0.25) is 13.1 Å². The van der Waals surface area contributed by atoms with Crippen LogP contribution in [0.4, 0.5) is 0 Å². The van der Waals surface area contributed by atoms with E-state index in [4.69, 9.17) is 9.47 Å². The predicted octanol–water partition coefficient (Wildman–Crippen LogP) is 5.10. The Kier molecular flexibility index (Phi) is 4.78. The van der Waals surface area contributed by atoms with Crippen molar-refractivity contribution >= 4 is 19.3 Å². The van der Waals surface area contributed by atoms with E-state index in [0.717, 1.165) is 17.9 Å². The number of ether oxygens (including phenoxy) is 2. The van der Waals surface area contributed by atoms with Gasteiger partial charge in [-0.1, -0.05) is 69.4 Å². The lowest BCUT2D eigenvalue weighted by atomic mass is 9.86. The Morgan fingerprint density at radius 3 is 2.23 bits per heavy atom. The van der Waals surface area contributed by atoms with Crippen molar-refractivity contribution < 1.29 is 9.47 Å². The fraction of sp³-hybridized carbons (Fsp3) is 0.391. The van der Waals surface area contributed by atoms with Crippen molar-refractivity contribution in [3.05, 3.63) is 58.3 Å². The Bertz CT molecular complexity index is 857. The number of fused-ring (bicyclic) bond motifs is 1. The van der Waals surface area contributed by atoms with Gasteiger partial charge in [0.1, 0.15) is 19.6 Å². The van der Waals surface area contributed by atoms with Gasteiger partial charge in [0.15, 0.2) is 0 Å². The van der Waals surface area contributed by atoms with Gasteiger partial charge in [-0.05, 0) is 40.3 Å². The number of hydrogen-bond acceptors (Lipinski definition) is 2. The largest absolute Gasteiger partial charge is 0.497 e. The second-order valence-corrected chi connectivity index (χ2v) is 13.1. The zero-order valence-electron chi connectivity index (χ0n) is 17.1. The first-order valence-electron chi connectivity index (χ1n) is 9.24. The van der Waals surface area contributed by atoms with E-state index in [2.05, 4.69) is 76.3 Å². The van der Waals surface area contributed by atoms with E-state index in [0.29, 0.717) is 0 Å². The predicted molar refractivity (Wildman–Crippen MR) is 113 cm³/mol. The molecule has 3 rings (SSSR count). The normalized spacial score (nSPS) is 14.0. The highest BCUT2D eigenvalue weighted by Gasteiger charge is 2.36. The van der Waals surface area contributed by atoms with Gasteiger partial charge < -0.3 is 9.47 Å². The summed E-state index contributed by atoms with van der Waals surface area (Å²) in [6.45, 7) is 11.5. The smallest absolute Gasteiger partial charge is 0.122 e. The second kappa shape index (κ2) is 6.62. The van der Waals surface area contributed by atoms with E-state index in [1.54, 1.807) is 19.4 Å². The van der Waals surface area contributed by atoms with Gasteiger partial charge in [0.05, 0.1) is 14.2 Å². The zero-order chi connectivity index (χ0) is 19.1. The molecule has 0 fully saturated rings. The molecule has 0 aliphatic heterocycles. The maximum Gasteiger partial charge on any atom is 0.122 e. The lowest BCUT2D eigenvalue weighted by Gasteiger charge is -2.31. The fourth-order valence-corrected chi connectivity index (χ4v) is 6.62. The van der Waals surface area contributed by atoms with Crippen LogP contribution < -0.4 is 14.7 Å². The molecule has 0 radical (unpaired) electrons. The number of rotatable bonds is 4. The minimum atomic E-state index is -1.91. The molecule has 138 valence electrons. The molecule has 0 atom stereocenters. The summed E-state index contributed by atoms with van der Waals surface area (Å²) in [4.78, 5) is 0. The lowest BCUT2D eigenvalue weighted by Crippen LogP contribution is -2.45. The maximum atomic E-state index is 5.98. The van der Waals surface area contributed by atoms with Gasteiger partial charge in [-0.25, -0.2) is 0 Å². The third kappa shape index (κ3) is 3.21. The van der Waals surface area contributed by atoms with Crippen LogP contribution >= 0.6 is 0 Å². The van der Waals surface area contributed by atoms with E-state index in [9.17, 15) is 0 Å². The van der Waals surface area contributed by atoms with E-state index in [1.165, 1.54) is 21.9 Å². The number of methoxy groups -OCH3 is 2. The molecule has 0 aromatic heterocycles. The van der Waals surface area contributed by atoms with Crippen LogP contribution in [0.3, 0.4) is 0 Å². The molecule has 0 saturated carbocycles. The molecule has 2 aromatic rings. The summed E-state index contributed by atoms with van der Waals surface area (Å²) in [5.74, 6) is 1.95. The zero-order valence-corrected chi connectivity index (χ0v) is 18.1. The highest BCUT2D eigenvalue weighted by molar-refractivity contribution is 6.96. The highest BCUT2D eigenvalue weighted by atomic mass is 28.3. The SMILES string of the molecule is COc1cc(C(C)(C)C)c(OC)c([Si](C)(C)C2=Cc3ccccc3C2)c1. The maximum absolute atomic E-state index is 5.98. The van der Waals surface area contributed by atoms with Crippen LogP contribution in [0, 0.1) is 0 Å². The average molecular weight is 367 g/mol. The van der Waals surface area contributed by atoms with Crippen LogP contribution in [-0.4, -0.2) is 22.3 Å². The molecule has 2 nitrogen and oxygen atoms in total. The van der Waals surface area contributed by atoms with Gasteiger partial charge in [-0.3, -0.25) is 0 Å². The lowest BCUT2D eigenvalue weighted by molar-refractivity contribution is 0.391. The topological polar surface area (TPSA) is 18.5 Å². The van der Waals surface area contributed by atoms with Crippen LogP contribution in [-0.2, 0) is 11.8 Å². The molecule has 0 amide bonds. The molecule has 2 aromatic carbocycles. The van der Waals surface area contributed by atoms with E-state index in [-0.39, 0.29) is 5.41 Å². The second-order valence-electron chi connectivity index (χ2n) is 8.68. The van der Waals surface area contributed by atoms with Crippen LogP contribution in [0.15, 0.2) is 41.6 Å². The van der Waals surface area contributed by atoms with E-state index < -0.39 is 8.07 Å². The summed E-state index contributed by atoms with van der Waals surface area (Å²) >= 11 is 0. The van der Waals surface area contributed by atoms with Crippen LogP contribution in [0.5, 0.6) is 11.5 Å². The number of allylic oxidation sites excluding steroid dienone is 1. The summed E-state index contributed by atoms with van der Waals surface area (Å²) in [7, 11) is 1.63. The number of benzene rings is 2. The summed E-state index contributed by atoms with van der Waals surface area (Å²) < 4.78 is 11.6. The summed E-state index contributed by atoms with van der Waals surface area (Å²) in [5.41, 5.74) is 4.00. The molecular weight excluding hydrogens is 336 g/mol. The summed E-state index contributed by atoms with van der Waals surface area (Å²) in [6.07, 6.45) is 3.44. The molecule has 3 heteroatoms. The molecule has 0 heterocycles. The monoisotopic (exact) mass is 366 g/mol. The number of hydrogen-bond donors (Lipinski definition) is 0. The van der Waals surface area contributed by atoms with Gasteiger partial charge in [-0.2, -0.15) is 0 Å². The van der Waals surface area contributed by atoms with Gasteiger partial charge >= 0.3 is 0 Å². The molecule has 0 saturated heterocycles. The van der Waals surface area contributed by atoms with E-state index >= 15 is 0 Å². The first-order chi connectivity index (χ1) is 12.2. The first kappa shape index (κ1) is 18.8. The molecule has 0 bridgehead atoms. The van der Waals surface area contributed by atoms with Gasteiger partial charge in [-0.15, -0.1) is 0 Å². The van der Waals surface area contributed by atoms with Crippen molar-refractivity contribution in [2.75, 3.05) is 14.2 Å². The van der Waals surface area contributed by atoms with Crippen LogP contribution in [0.25, 0.3) is 6.08 Å². The Morgan fingerprint density at radius 1 is 0.962 bits per heavy atom. The van der Waals surface area contributed by atoms with E-state index in [1.807, 2.05) is 0 Å². The summed E-state index contributed by atoms with van der Waals surface area (Å²) in [5, 5.41) is 2.87. The van der Waals surface area contributed by atoms with Crippen molar-refractivity contribution in [1.82, 2.24) is 0 Å². The Hall–Kier alpha value is -2.00. The minimum absolute atomic E-state index is 0.00780. The fourth-order valence-electron chi connectivity index (χ4n) is 3.82. The van der Waals surface area contributed by atoms with Crippen molar-refractivity contribution in [2.24, 2.45) is 0 Å². The van der Waals surface area contributed by atoms with Crippen LogP contribution in [0.1, 0.15) is 37.5 Å². The summed E-state index contributed by atoms with van der Waals surface area (Å²) in [6, 6.07) is 13.0. The van der Waals surface area contributed by atoms with Crippen molar-refractivity contribution in [3.63, 3.8) is 0 Å². The van der Waals surface area contributed by atoms with Gasteiger partial charge in [0, 0.05) is 5.56 Å².